The van der Waals surface area contributed by atoms with E-state index in [1.165, 1.54) is 0 Å². The van der Waals surface area contributed by atoms with Gasteiger partial charge >= 0.3 is 12.1 Å². The number of hydrogen-bond donors (Lipinski definition) is 1. The molecule has 168 valence electrons. The number of aliphatic hydroxyl groups excluding tert-OH is 1. The first-order valence-electron chi connectivity index (χ1n) is 10.6. The minimum absolute atomic E-state index is 0.0300. The Morgan fingerprint density at radius 3 is 2.47 bits per heavy atom. The second-order valence-corrected chi connectivity index (χ2v) is 8.83. The van der Waals surface area contributed by atoms with Crippen molar-refractivity contribution in [1.82, 2.24) is 4.90 Å². The fourth-order valence-electron chi connectivity index (χ4n) is 3.70. The first-order chi connectivity index (χ1) is 14.2. The molecule has 1 aliphatic carbocycles. The van der Waals surface area contributed by atoms with E-state index in [1.807, 2.05) is 51.1 Å². The summed E-state index contributed by atoms with van der Waals surface area (Å²) in [5.74, 6) is -0.236. The van der Waals surface area contributed by atoms with Crippen LogP contribution in [0.5, 0.6) is 0 Å². The number of nitrogens with zero attached hydrogens (tertiary/aromatic N) is 1. The summed E-state index contributed by atoms with van der Waals surface area (Å²) >= 11 is 0. The summed E-state index contributed by atoms with van der Waals surface area (Å²) in [5, 5.41) is 10.7. The van der Waals surface area contributed by atoms with Gasteiger partial charge in [0.1, 0.15) is 12.2 Å². The van der Waals surface area contributed by atoms with Crippen molar-refractivity contribution in [3.05, 3.63) is 35.9 Å². The van der Waals surface area contributed by atoms with Crippen molar-refractivity contribution in [1.29, 1.82) is 0 Å². The molecule has 1 aliphatic rings. The summed E-state index contributed by atoms with van der Waals surface area (Å²) in [5.41, 5.74) is 0.327. The van der Waals surface area contributed by atoms with E-state index >= 15 is 0 Å². The lowest BCUT2D eigenvalue weighted by atomic mass is 9.81. The van der Waals surface area contributed by atoms with Gasteiger partial charge in [-0.1, -0.05) is 30.3 Å². The third-order valence-corrected chi connectivity index (χ3v) is 5.15. The Hall–Kier alpha value is -2.12. The fraction of sp³-hybridized carbons (Fsp3) is 0.652. The second-order valence-electron chi connectivity index (χ2n) is 8.83. The van der Waals surface area contributed by atoms with Crippen LogP contribution in [0.1, 0.15) is 52.0 Å². The molecule has 3 atom stereocenters. The summed E-state index contributed by atoms with van der Waals surface area (Å²) < 4.78 is 16.0. The molecule has 7 nitrogen and oxygen atoms in total. The highest BCUT2D eigenvalue weighted by Gasteiger charge is 2.37. The molecule has 0 radical (unpaired) electrons. The zero-order valence-corrected chi connectivity index (χ0v) is 18.5. The highest BCUT2D eigenvalue weighted by molar-refractivity contribution is 5.70. The molecule has 0 bridgehead atoms. The van der Waals surface area contributed by atoms with E-state index in [-0.39, 0.29) is 31.0 Å². The van der Waals surface area contributed by atoms with E-state index in [1.54, 1.807) is 12.0 Å². The van der Waals surface area contributed by atoms with Crippen molar-refractivity contribution in [3.63, 3.8) is 0 Å². The van der Waals surface area contributed by atoms with Crippen LogP contribution in [0.3, 0.4) is 0 Å². The van der Waals surface area contributed by atoms with Gasteiger partial charge in [-0.3, -0.25) is 4.79 Å². The van der Waals surface area contributed by atoms with Crippen LogP contribution < -0.4 is 0 Å². The van der Waals surface area contributed by atoms with Crippen LogP contribution in [0.2, 0.25) is 0 Å². The standard InChI is InChI=1S/C23H35NO6/c1-23(2,3)30-22(27)24(12-13-28-4)19-11-10-18(14-20(19)25)15-21(26)29-16-17-8-6-5-7-9-17/h5-9,18-20,25H,10-16H2,1-4H3/t18-,19-,20-/m0/s1. The van der Waals surface area contributed by atoms with E-state index in [4.69, 9.17) is 14.2 Å². The Balaban J connectivity index is 1.88. The summed E-state index contributed by atoms with van der Waals surface area (Å²) in [6, 6.07) is 9.19. The van der Waals surface area contributed by atoms with Gasteiger partial charge in [-0.05, 0) is 51.5 Å². The second kappa shape index (κ2) is 11.3. The van der Waals surface area contributed by atoms with Crippen molar-refractivity contribution in [2.45, 2.75) is 70.8 Å². The highest BCUT2D eigenvalue weighted by Crippen LogP contribution is 2.31. The first kappa shape index (κ1) is 24.2. The van der Waals surface area contributed by atoms with Crippen molar-refractivity contribution in [3.8, 4) is 0 Å². The van der Waals surface area contributed by atoms with Crippen molar-refractivity contribution in [2.75, 3.05) is 20.3 Å². The molecule has 0 unspecified atom stereocenters. The maximum atomic E-state index is 12.7. The molecular formula is C23H35NO6. The average molecular weight is 422 g/mol. The number of rotatable bonds is 8. The third kappa shape index (κ3) is 7.95. The summed E-state index contributed by atoms with van der Waals surface area (Å²) in [6.07, 6.45) is 0.854. The average Bonchev–Trinajstić information content (AvgIpc) is 2.67. The molecule has 30 heavy (non-hydrogen) atoms. The van der Waals surface area contributed by atoms with Crippen LogP contribution in [0.4, 0.5) is 4.79 Å². The first-order valence-corrected chi connectivity index (χ1v) is 10.6. The monoisotopic (exact) mass is 421 g/mol. The van der Waals surface area contributed by atoms with E-state index in [0.717, 1.165) is 12.0 Å². The van der Waals surface area contributed by atoms with Crippen LogP contribution in [0, 0.1) is 5.92 Å². The maximum absolute atomic E-state index is 12.7. The predicted octanol–water partition coefficient (Wildman–Crippen LogP) is 3.53. The van der Waals surface area contributed by atoms with E-state index in [0.29, 0.717) is 26.0 Å². The van der Waals surface area contributed by atoms with Gasteiger partial charge in [0, 0.05) is 20.1 Å². The van der Waals surface area contributed by atoms with E-state index < -0.39 is 17.8 Å². The number of amides is 1. The maximum Gasteiger partial charge on any atom is 0.410 e. The molecule has 1 amide bonds. The number of hydrogen-bond acceptors (Lipinski definition) is 6. The fourth-order valence-corrected chi connectivity index (χ4v) is 3.70. The quantitative estimate of drug-likeness (QED) is 0.647. The molecule has 1 N–H and O–H groups in total. The van der Waals surface area contributed by atoms with Crippen molar-refractivity contribution in [2.24, 2.45) is 5.92 Å². The van der Waals surface area contributed by atoms with Gasteiger partial charge in [0.25, 0.3) is 0 Å². The topological polar surface area (TPSA) is 85.3 Å². The number of carbonyl (C=O) groups excluding carboxylic acids is 2. The number of methoxy groups -OCH3 is 1. The molecule has 2 rings (SSSR count). The lowest BCUT2D eigenvalue weighted by Crippen LogP contribution is -2.52. The SMILES string of the molecule is COCCN(C(=O)OC(C)(C)C)[C@H]1CC[C@H](CC(=O)OCc2ccccc2)C[C@@H]1O. The smallest absolute Gasteiger partial charge is 0.410 e. The van der Waals surface area contributed by atoms with Gasteiger partial charge in [0.15, 0.2) is 0 Å². The zero-order chi connectivity index (χ0) is 22.1. The molecule has 0 saturated heterocycles. The Bertz CT molecular complexity index is 672. The molecule has 1 saturated carbocycles. The normalized spacial score (nSPS) is 21.7. The Labute approximate surface area is 179 Å². The molecule has 0 spiro atoms. The Morgan fingerprint density at radius 1 is 1.17 bits per heavy atom. The van der Waals surface area contributed by atoms with Crippen LogP contribution in [0.25, 0.3) is 0 Å². The van der Waals surface area contributed by atoms with Crippen molar-refractivity contribution >= 4 is 12.1 Å². The third-order valence-electron chi connectivity index (χ3n) is 5.15. The zero-order valence-electron chi connectivity index (χ0n) is 18.5. The highest BCUT2D eigenvalue weighted by atomic mass is 16.6. The number of aliphatic hydroxyl groups is 1. The summed E-state index contributed by atoms with van der Waals surface area (Å²) in [7, 11) is 1.57. The predicted molar refractivity (Wildman–Crippen MR) is 113 cm³/mol. The number of ether oxygens (including phenoxy) is 3. The van der Waals surface area contributed by atoms with Crippen molar-refractivity contribution < 1.29 is 28.9 Å². The minimum Gasteiger partial charge on any atom is -0.461 e. The van der Waals surface area contributed by atoms with Crippen LogP contribution in [0.15, 0.2) is 30.3 Å². The van der Waals surface area contributed by atoms with Crippen LogP contribution >= 0.6 is 0 Å². The molecule has 0 aliphatic heterocycles. The summed E-state index contributed by atoms with van der Waals surface area (Å²) in [4.78, 5) is 26.4. The number of carbonyl (C=O) groups is 2. The van der Waals surface area contributed by atoms with Gasteiger partial charge in [-0.25, -0.2) is 4.79 Å². The molecule has 1 fully saturated rings. The van der Waals surface area contributed by atoms with E-state index in [9.17, 15) is 14.7 Å². The molecule has 7 heteroatoms. The lowest BCUT2D eigenvalue weighted by molar-refractivity contribution is -0.147. The Morgan fingerprint density at radius 2 is 1.87 bits per heavy atom. The lowest BCUT2D eigenvalue weighted by Gasteiger charge is -2.40. The van der Waals surface area contributed by atoms with Crippen LogP contribution in [-0.2, 0) is 25.6 Å². The molecule has 1 aromatic carbocycles. The van der Waals surface area contributed by atoms with Crippen LogP contribution in [-0.4, -0.2) is 60.1 Å². The molecular weight excluding hydrogens is 386 g/mol. The molecule has 0 aromatic heterocycles. The van der Waals surface area contributed by atoms with Gasteiger partial charge in [-0.2, -0.15) is 0 Å². The number of esters is 1. The summed E-state index contributed by atoms with van der Waals surface area (Å²) in [6.45, 7) is 6.39. The number of benzene rings is 1. The van der Waals surface area contributed by atoms with Gasteiger partial charge < -0.3 is 24.2 Å². The minimum atomic E-state index is -0.727. The largest absolute Gasteiger partial charge is 0.461 e. The van der Waals surface area contributed by atoms with E-state index in [2.05, 4.69) is 0 Å². The van der Waals surface area contributed by atoms with Gasteiger partial charge in [0.05, 0.1) is 18.8 Å². The Kier molecular flexibility index (Phi) is 9.11. The molecule has 1 aromatic rings. The molecule has 0 heterocycles. The van der Waals surface area contributed by atoms with Gasteiger partial charge in [0.2, 0.25) is 0 Å². The van der Waals surface area contributed by atoms with Gasteiger partial charge in [-0.15, -0.1) is 0 Å².